The standard InChI is InChI=1S/4C7H6O3.U/c4*8-6-4-2-1-3-5(6)7(9)10;/h4*1-4,8H,(H,9,10);/p-1. The Kier molecular flexibility index (Phi) is 16.1. The summed E-state index contributed by atoms with van der Waals surface area (Å²) in [6, 6.07) is 23.0. The van der Waals surface area contributed by atoms with Gasteiger partial charge in [0.2, 0.25) is 0 Å². The Bertz CT molecular complexity index is 1250. The predicted molar refractivity (Wildman–Crippen MR) is 138 cm³/mol. The van der Waals surface area contributed by atoms with Crippen LogP contribution in [-0.2, 0) is 0 Å². The first-order valence-electron chi connectivity index (χ1n) is 10.9. The second-order valence-corrected chi connectivity index (χ2v) is 7.27. The van der Waals surface area contributed by atoms with Crippen molar-refractivity contribution in [3.8, 4) is 23.0 Å². The van der Waals surface area contributed by atoms with Crippen LogP contribution in [0.4, 0.5) is 0 Å². The third-order valence-electron chi connectivity index (χ3n) is 4.52. The smallest absolute Gasteiger partial charge is 0.339 e. The molecule has 12 nitrogen and oxygen atoms in total. The summed E-state index contributed by atoms with van der Waals surface area (Å²) in [5.41, 5.74) is -0.380. The van der Waals surface area contributed by atoms with Gasteiger partial charge in [0.25, 0.3) is 0 Å². The number of phenols is 3. The fourth-order valence-corrected chi connectivity index (χ4v) is 2.61. The molecule has 7 N–H and O–H groups in total. The Balaban J connectivity index is 0.000000516. The van der Waals surface area contributed by atoms with Crippen molar-refractivity contribution in [1.29, 1.82) is 0 Å². The molecule has 0 unspecified atom stereocenters. The van der Waals surface area contributed by atoms with E-state index in [2.05, 4.69) is 0 Å². The van der Waals surface area contributed by atoms with E-state index < -0.39 is 29.6 Å². The van der Waals surface area contributed by atoms with E-state index in [1.165, 1.54) is 60.7 Å². The molecule has 0 saturated heterocycles. The number of hydrogen-bond acceptors (Lipinski definition) is 8. The maximum absolute atomic E-state index is 10.7. The molecule has 0 spiro atoms. The summed E-state index contributed by atoms with van der Waals surface area (Å²) in [6.07, 6.45) is 0. The zero-order chi connectivity index (χ0) is 30.2. The normalized spacial score (nSPS) is 8.98. The van der Waals surface area contributed by atoms with Gasteiger partial charge in [-0.25, -0.2) is 19.2 Å². The Labute approximate surface area is 256 Å². The first kappa shape index (κ1) is 36.0. The third kappa shape index (κ3) is 12.6. The summed E-state index contributed by atoms with van der Waals surface area (Å²) in [7, 11) is 0. The number of benzene rings is 4. The summed E-state index contributed by atoms with van der Waals surface area (Å²) in [5.74, 6) is -5.56. The fraction of sp³-hybridized carbons (Fsp3) is 0. The number of para-hydroxylation sites is 4. The number of rotatable bonds is 4. The van der Waals surface area contributed by atoms with Gasteiger partial charge in [-0.3, -0.25) is 0 Å². The largest absolute Gasteiger partial charge is 0.872 e. The number of aromatic hydroxyl groups is 3. The van der Waals surface area contributed by atoms with Gasteiger partial charge in [0.1, 0.15) is 33.9 Å². The molecular weight excluding hydrogens is 766 g/mol. The summed E-state index contributed by atoms with van der Waals surface area (Å²) in [5, 5.41) is 71.0. The van der Waals surface area contributed by atoms with Crippen LogP contribution in [0.15, 0.2) is 97.1 Å². The molecule has 13 heteroatoms. The molecule has 0 fully saturated rings. The zero-order valence-electron chi connectivity index (χ0n) is 20.9. The van der Waals surface area contributed by atoms with Crippen LogP contribution in [0.3, 0.4) is 0 Å². The Hall–Kier alpha value is -4.99. The first-order valence-corrected chi connectivity index (χ1v) is 10.9. The average Bonchev–Trinajstić information content (AvgIpc) is 2.90. The molecule has 0 aliphatic rings. The molecule has 41 heavy (non-hydrogen) atoms. The maximum atomic E-state index is 10.7. The molecular formula is C28H23O12U-. The summed E-state index contributed by atoms with van der Waals surface area (Å²) < 4.78 is 0. The van der Waals surface area contributed by atoms with E-state index in [0.29, 0.717) is 0 Å². The van der Waals surface area contributed by atoms with Crippen LogP contribution in [0.5, 0.6) is 23.0 Å². The van der Waals surface area contributed by atoms with E-state index in [1.807, 2.05) is 0 Å². The zero-order valence-corrected chi connectivity index (χ0v) is 25.1. The number of carbonyl (C=O) groups is 4. The third-order valence-corrected chi connectivity index (χ3v) is 4.52. The minimum Gasteiger partial charge on any atom is -0.872 e. The molecule has 0 bridgehead atoms. The quantitative estimate of drug-likeness (QED) is 0.157. The minimum absolute atomic E-state index is 0. The van der Waals surface area contributed by atoms with E-state index in [1.54, 1.807) is 36.4 Å². The van der Waals surface area contributed by atoms with Crippen molar-refractivity contribution >= 4 is 23.9 Å². The van der Waals surface area contributed by atoms with E-state index in [0.717, 1.165) is 0 Å². The summed E-state index contributed by atoms with van der Waals surface area (Å²) >= 11 is 0. The molecule has 4 aromatic carbocycles. The number of hydrogen-bond donors (Lipinski definition) is 7. The Morgan fingerprint density at radius 1 is 0.415 bits per heavy atom. The molecule has 0 amide bonds. The Morgan fingerprint density at radius 2 is 0.634 bits per heavy atom. The van der Waals surface area contributed by atoms with Crippen LogP contribution in [0, 0.1) is 31.1 Å². The number of carboxylic acids is 4. The van der Waals surface area contributed by atoms with Gasteiger partial charge in [-0.1, -0.05) is 60.3 Å². The second kappa shape index (κ2) is 18.3. The molecule has 4 aromatic rings. The number of aromatic carboxylic acids is 4. The van der Waals surface area contributed by atoms with Crippen molar-refractivity contribution in [3.63, 3.8) is 0 Å². The molecule has 0 atom stereocenters. The molecule has 0 radical (unpaired) electrons. The van der Waals surface area contributed by atoms with Crippen LogP contribution in [-0.4, -0.2) is 59.6 Å². The molecule has 0 saturated carbocycles. The van der Waals surface area contributed by atoms with Crippen molar-refractivity contribution < 1.29 is 91.1 Å². The van der Waals surface area contributed by atoms with E-state index in [9.17, 15) is 24.3 Å². The SMILES string of the molecule is O=C(O)c1ccccc1O.O=C(O)c1ccccc1O.O=C(O)c1ccccc1O.O=C(O)c1ccccc1[O-].[U]. The number of carboxylic acid groups (broad SMARTS) is 4. The minimum atomic E-state index is -1.18. The van der Waals surface area contributed by atoms with Gasteiger partial charge >= 0.3 is 23.9 Å². The summed E-state index contributed by atoms with van der Waals surface area (Å²) in [4.78, 5) is 41.0. The van der Waals surface area contributed by atoms with E-state index >= 15 is 0 Å². The van der Waals surface area contributed by atoms with E-state index in [-0.39, 0.29) is 70.6 Å². The van der Waals surface area contributed by atoms with Crippen LogP contribution in [0.1, 0.15) is 41.4 Å². The fourth-order valence-electron chi connectivity index (χ4n) is 2.61. The van der Waals surface area contributed by atoms with Crippen molar-refractivity contribution in [2.24, 2.45) is 0 Å². The second-order valence-electron chi connectivity index (χ2n) is 7.27. The van der Waals surface area contributed by atoms with Crippen molar-refractivity contribution in [1.82, 2.24) is 0 Å². The predicted octanol–water partition coefficient (Wildman–Crippen LogP) is 3.73. The van der Waals surface area contributed by atoms with Gasteiger partial charge in [-0.2, -0.15) is 0 Å². The molecule has 212 valence electrons. The molecule has 0 heterocycles. The van der Waals surface area contributed by atoms with Gasteiger partial charge in [0.15, 0.2) is 0 Å². The molecule has 0 aliphatic heterocycles. The Morgan fingerprint density at radius 3 is 0.805 bits per heavy atom. The first-order chi connectivity index (χ1) is 18.9. The monoisotopic (exact) mass is 789 g/mol. The average molecular weight is 790 g/mol. The molecule has 0 aliphatic carbocycles. The van der Waals surface area contributed by atoms with Crippen LogP contribution < -0.4 is 5.11 Å². The van der Waals surface area contributed by atoms with Crippen LogP contribution in [0.2, 0.25) is 0 Å². The van der Waals surface area contributed by atoms with Gasteiger partial charge in [-0.05, 0) is 42.5 Å². The summed E-state index contributed by atoms with van der Waals surface area (Å²) in [6.45, 7) is 0. The van der Waals surface area contributed by atoms with Crippen molar-refractivity contribution in [2.75, 3.05) is 0 Å². The van der Waals surface area contributed by atoms with E-state index in [4.69, 9.17) is 35.7 Å². The van der Waals surface area contributed by atoms with Crippen molar-refractivity contribution in [3.05, 3.63) is 119 Å². The molecule has 4 rings (SSSR count). The van der Waals surface area contributed by atoms with Gasteiger partial charge in [0.05, 0.1) is 5.56 Å². The van der Waals surface area contributed by atoms with Crippen LogP contribution >= 0.6 is 0 Å². The van der Waals surface area contributed by atoms with Crippen molar-refractivity contribution in [2.45, 2.75) is 0 Å². The molecule has 0 aromatic heterocycles. The van der Waals surface area contributed by atoms with Gasteiger partial charge in [0, 0.05) is 31.1 Å². The maximum Gasteiger partial charge on any atom is 0.339 e. The topological polar surface area (TPSA) is 233 Å². The van der Waals surface area contributed by atoms with Crippen LogP contribution in [0.25, 0.3) is 0 Å². The van der Waals surface area contributed by atoms with Gasteiger partial charge in [-0.15, -0.1) is 0 Å². The van der Waals surface area contributed by atoms with Gasteiger partial charge < -0.3 is 40.9 Å².